The number of nitrogens with zero attached hydrogens (tertiary/aromatic N) is 2. The van der Waals surface area contributed by atoms with Crippen LogP contribution in [0, 0.1) is 5.92 Å². The molecule has 1 fully saturated rings. The van der Waals surface area contributed by atoms with Crippen LogP contribution < -0.4 is 5.73 Å². The van der Waals surface area contributed by atoms with Gasteiger partial charge in [0.15, 0.2) is 5.96 Å². The summed E-state index contributed by atoms with van der Waals surface area (Å²) in [4.78, 5) is 6.58. The van der Waals surface area contributed by atoms with Gasteiger partial charge in [0.05, 0.1) is 12.1 Å². The van der Waals surface area contributed by atoms with E-state index in [1.165, 1.54) is 25.7 Å². The second kappa shape index (κ2) is 3.87. The van der Waals surface area contributed by atoms with Gasteiger partial charge in [-0.25, -0.2) is 0 Å². The van der Waals surface area contributed by atoms with Gasteiger partial charge in [-0.15, -0.1) is 6.58 Å². The van der Waals surface area contributed by atoms with Gasteiger partial charge in [0.2, 0.25) is 0 Å². The van der Waals surface area contributed by atoms with Gasteiger partial charge in [0.1, 0.15) is 0 Å². The van der Waals surface area contributed by atoms with Crippen molar-refractivity contribution in [3.05, 3.63) is 12.7 Å². The van der Waals surface area contributed by atoms with Crippen molar-refractivity contribution in [3.8, 4) is 0 Å². The number of hydrogen-bond donors (Lipinski definition) is 1. The maximum Gasteiger partial charge on any atom is 0.192 e. The molecule has 15 heavy (non-hydrogen) atoms. The Morgan fingerprint density at radius 3 is 2.93 bits per heavy atom. The molecule has 1 saturated carbocycles. The van der Waals surface area contributed by atoms with Crippen molar-refractivity contribution in [2.75, 3.05) is 13.1 Å². The first-order chi connectivity index (χ1) is 7.15. The zero-order valence-corrected chi connectivity index (χ0v) is 9.58. The van der Waals surface area contributed by atoms with E-state index in [2.05, 4.69) is 23.4 Å². The first kappa shape index (κ1) is 10.5. The van der Waals surface area contributed by atoms with Gasteiger partial charge < -0.3 is 10.6 Å². The van der Waals surface area contributed by atoms with E-state index < -0.39 is 0 Å². The molecule has 3 nitrogen and oxygen atoms in total. The second-order valence-corrected chi connectivity index (χ2v) is 5.07. The summed E-state index contributed by atoms with van der Waals surface area (Å²) < 4.78 is 0. The van der Waals surface area contributed by atoms with Gasteiger partial charge in [-0.3, -0.25) is 4.99 Å². The summed E-state index contributed by atoms with van der Waals surface area (Å²) in [5.74, 6) is 1.58. The lowest BCUT2D eigenvalue weighted by atomic mass is 9.76. The summed E-state index contributed by atoms with van der Waals surface area (Å²) in [6, 6.07) is 0. The third-order valence-corrected chi connectivity index (χ3v) is 3.77. The summed E-state index contributed by atoms with van der Waals surface area (Å²) in [5.41, 5.74) is 6.05. The molecule has 0 saturated heterocycles. The van der Waals surface area contributed by atoms with Crippen molar-refractivity contribution in [2.45, 2.75) is 38.1 Å². The molecule has 0 aromatic carbocycles. The highest BCUT2D eigenvalue weighted by Gasteiger charge is 2.39. The van der Waals surface area contributed by atoms with Crippen LogP contribution in [0.25, 0.3) is 0 Å². The van der Waals surface area contributed by atoms with Gasteiger partial charge in [-0.1, -0.05) is 25.3 Å². The van der Waals surface area contributed by atoms with E-state index >= 15 is 0 Å². The van der Waals surface area contributed by atoms with E-state index in [0.29, 0.717) is 5.96 Å². The fourth-order valence-corrected chi connectivity index (χ4v) is 2.64. The highest BCUT2D eigenvalue weighted by atomic mass is 15.3. The first-order valence-corrected chi connectivity index (χ1v) is 5.84. The van der Waals surface area contributed by atoms with Gasteiger partial charge >= 0.3 is 0 Å². The summed E-state index contributed by atoms with van der Waals surface area (Å²) in [5, 5.41) is 0. The first-order valence-electron chi connectivity index (χ1n) is 5.84. The lowest BCUT2D eigenvalue weighted by molar-refractivity contribution is 0.151. The van der Waals surface area contributed by atoms with Crippen molar-refractivity contribution in [3.63, 3.8) is 0 Å². The zero-order chi connectivity index (χ0) is 10.9. The Hall–Kier alpha value is -0.990. The maximum atomic E-state index is 5.90. The van der Waals surface area contributed by atoms with Crippen LogP contribution in [0.4, 0.5) is 0 Å². The monoisotopic (exact) mass is 207 g/mol. The molecule has 1 aliphatic carbocycles. The Morgan fingerprint density at radius 1 is 1.67 bits per heavy atom. The lowest BCUT2D eigenvalue weighted by Gasteiger charge is -2.40. The average Bonchev–Trinajstić information content (AvgIpc) is 2.41. The molecule has 0 radical (unpaired) electrons. The van der Waals surface area contributed by atoms with E-state index in [4.69, 9.17) is 5.73 Å². The summed E-state index contributed by atoms with van der Waals surface area (Å²) in [6.07, 6.45) is 7.31. The Morgan fingerprint density at radius 2 is 2.40 bits per heavy atom. The third-order valence-electron chi connectivity index (χ3n) is 3.77. The molecule has 0 spiro atoms. The van der Waals surface area contributed by atoms with Gasteiger partial charge in [-0.05, 0) is 19.3 Å². The van der Waals surface area contributed by atoms with Crippen LogP contribution in [-0.4, -0.2) is 29.5 Å². The number of rotatable bonds is 4. The van der Waals surface area contributed by atoms with Crippen LogP contribution in [0.2, 0.25) is 0 Å². The Labute approximate surface area is 92.0 Å². The second-order valence-electron chi connectivity index (χ2n) is 5.07. The van der Waals surface area contributed by atoms with Crippen molar-refractivity contribution >= 4 is 5.96 Å². The molecule has 0 aromatic heterocycles. The lowest BCUT2D eigenvalue weighted by Crippen LogP contribution is -2.51. The van der Waals surface area contributed by atoms with Crippen molar-refractivity contribution in [1.82, 2.24) is 4.90 Å². The van der Waals surface area contributed by atoms with E-state index in [1.807, 2.05) is 6.08 Å². The molecule has 2 N–H and O–H groups in total. The van der Waals surface area contributed by atoms with E-state index in [1.54, 1.807) is 0 Å². The predicted octanol–water partition coefficient (Wildman–Crippen LogP) is 1.75. The molecular formula is C12H21N3. The van der Waals surface area contributed by atoms with Crippen molar-refractivity contribution < 1.29 is 0 Å². The zero-order valence-electron chi connectivity index (χ0n) is 9.58. The Balaban J connectivity index is 2.02. The highest BCUT2D eigenvalue weighted by Crippen LogP contribution is 2.37. The minimum Gasteiger partial charge on any atom is -0.370 e. The van der Waals surface area contributed by atoms with Crippen molar-refractivity contribution in [2.24, 2.45) is 16.6 Å². The summed E-state index contributed by atoms with van der Waals surface area (Å²) >= 11 is 0. The molecule has 1 aliphatic heterocycles. The summed E-state index contributed by atoms with van der Waals surface area (Å²) in [7, 11) is 0. The minimum absolute atomic E-state index is 0.142. The normalized spacial score (nSPS) is 31.3. The van der Waals surface area contributed by atoms with E-state index in [-0.39, 0.29) is 5.54 Å². The van der Waals surface area contributed by atoms with Crippen LogP contribution in [0.1, 0.15) is 32.6 Å². The average molecular weight is 207 g/mol. The highest BCUT2D eigenvalue weighted by molar-refractivity contribution is 5.81. The molecule has 1 atom stereocenters. The molecule has 0 bridgehead atoms. The van der Waals surface area contributed by atoms with Crippen LogP contribution in [0.5, 0.6) is 0 Å². The van der Waals surface area contributed by atoms with Crippen LogP contribution in [0.15, 0.2) is 17.6 Å². The number of hydrogen-bond acceptors (Lipinski definition) is 3. The van der Waals surface area contributed by atoms with Crippen LogP contribution >= 0.6 is 0 Å². The Bertz CT molecular complexity index is 281. The molecule has 1 heterocycles. The van der Waals surface area contributed by atoms with Gasteiger partial charge in [-0.2, -0.15) is 0 Å². The topological polar surface area (TPSA) is 41.6 Å². The molecule has 0 amide bonds. The SMILES string of the molecule is C=CCN1C(N)=NCC1(C)CC1CCC1. The van der Waals surface area contributed by atoms with Crippen LogP contribution in [0.3, 0.4) is 0 Å². The fourth-order valence-electron chi connectivity index (χ4n) is 2.64. The Kier molecular flexibility index (Phi) is 2.72. The number of guanidine groups is 1. The van der Waals surface area contributed by atoms with Crippen LogP contribution in [-0.2, 0) is 0 Å². The molecule has 1 unspecified atom stereocenters. The standard InChI is InChI=1S/C12H21N3/c1-3-7-15-11(13)14-9-12(15,2)8-10-5-4-6-10/h3,10H,1,4-9H2,2H3,(H2,13,14). The molecule has 3 heteroatoms. The molecule has 2 rings (SSSR count). The number of nitrogens with two attached hydrogens (primary N) is 1. The maximum absolute atomic E-state index is 5.90. The van der Waals surface area contributed by atoms with Gasteiger partial charge in [0, 0.05) is 6.54 Å². The summed E-state index contributed by atoms with van der Waals surface area (Å²) in [6.45, 7) is 7.73. The van der Waals surface area contributed by atoms with E-state index in [9.17, 15) is 0 Å². The molecule has 0 aromatic rings. The molecule has 2 aliphatic rings. The fraction of sp³-hybridized carbons (Fsp3) is 0.750. The van der Waals surface area contributed by atoms with E-state index in [0.717, 1.165) is 19.0 Å². The molecular weight excluding hydrogens is 186 g/mol. The number of aliphatic imine (C=N–C) groups is 1. The minimum atomic E-state index is 0.142. The quantitative estimate of drug-likeness (QED) is 0.714. The molecule has 84 valence electrons. The predicted molar refractivity (Wildman–Crippen MR) is 63.8 cm³/mol. The van der Waals surface area contributed by atoms with Crippen molar-refractivity contribution in [1.29, 1.82) is 0 Å². The third kappa shape index (κ3) is 1.87. The largest absolute Gasteiger partial charge is 0.370 e. The smallest absolute Gasteiger partial charge is 0.192 e. The van der Waals surface area contributed by atoms with Gasteiger partial charge in [0.25, 0.3) is 0 Å².